The van der Waals surface area contributed by atoms with Crippen LogP contribution in [0.4, 0.5) is 0 Å². The number of nitrogens with one attached hydrogen (secondary N) is 2. The third-order valence-electron chi connectivity index (χ3n) is 6.16. The number of piperidine rings is 1. The quantitative estimate of drug-likeness (QED) is 0.611. The van der Waals surface area contributed by atoms with Crippen molar-refractivity contribution in [1.29, 1.82) is 0 Å². The van der Waals surface area contributed by atoms with E-state index in [2.05, 4.69) is 39.8 Å². The van der Waals surface area contributed by atoms with Crippen molar-refractivity contribution in [3.05, 3.63) is 88.3 Å². The molecular weight excluding hydrogens is 416 g/mol. The minimum absolute atomic E-state index is 0.0398. The number of aromatic nitrogens is 2. The van der Waals surface area contributed by atoms with E-state index in [9.17, 15) is 14.4 Å². The van der Waals surface area contributed by atoms with Gasteiger partial charge >= 0.3 is 0 Å². The number of carbonyl (C=O) groups excluding carboxylic acids is 2. The number of nitrogens with zero attached hydrogens (tertiary/aromatic N) is 2. The maximum atomic E-state index is 13.3. The van der Waals surface area contributed by atoms with Gasteiger partial charge in [-0.1, -0.05) is 54.6 Å². The van der Waals surface area contributed by atoms with Gasteiger partial charge in [0.1, 0.15) is 5.69 Å². The third-order valence-corrected chi connectivity index (χ3v) is 6.16. The lowest BCUT2D eigenvalue weighted by molar-refractivity contribution is -0.133. The van der Waals surface area contributed by atoms with E-state index in [1.807, 2.05) is 37.3 Å². The van der Waals surface area contributed by atoms with Crippen molar-refractivity contribution in [3.63, 3.8) is 0 Å². The number of aromatic amines is 1. The highest BCUT2D eigenvalue weighted by Crippen LogP contribution is 2.35. The molecule has 170 valence electrons. The van der Waals surface area contributed by atoms with E-state index < -0.39 is 5.41 Å². The first kappa shape index (κ1) is 22.5. The second-order valence-electron chi connectivity index (χ2n) is 8.52. The van der Waals surface area contributed by atoms with Crippen molar-refractivity contribution in [2.24, 2.45) is 5.41 Å². The zero-order valence-electron chi connectivity index (χ0n) is 18.7. The summed E-state index contributed by atoms with van der Waals surface area (Å²) in [5, 5.41) is 9.18. The van der Waals surface area contributed by atoms with Crippen LogP contribution in [-0.4, -0.2) is 46.5 Å². The summed E-state index contributed by atoms with van der Waals surface area (Å²) in [6.45, 7) is 3.27. The van der Waals surface area contributed by atoms with E-state index in [-0.39, 0.29) is 23.1 Å². The first-order chi connectivity index (χ1) is 16.0. The van der Waals surface area contributed by atoms with Crippen LogP contribution >= 0.6 is 0 Å². The number of amides is 2. The topological polar surface area (TPSA) is 95.2 Å². The van der Waals surface area contributed by atoms with Gasteiger partial charge in [-0.25, -0.2) is 5.10 Å². The van der Waals surface area contributed by atoms with Crippen LogP contribution in [-0.2, 0) is 11.2 Å². The Morgan fingerprint density at radius 3 is 2.58 bits per heavy atom. The second-order valence-corrected chi connectivity index (χ2v) is 8.52. The molecule has 1 fully saturated rings. The molecule has 7 heteroatoms. The van der Waals surface area contributed by atoms with Crippen LogP contribution in [0.1, 0.15) is 35.8 Å². The molecule has 2 N–H and O–H groups in total. The fourth-order valence-electron chi connectivity index (χ4n) is 4.57. The summed E-state index contributed by atoms with van der Waals surface area (Å²) >= 11 is 0. The summed E-state index contributed by atoms with van der Waals surface area (Å²) in [6, 6.07) is 21.1. The zero-order valence-corrected chi connectivity index (χ0v) is 18.7. The number of hydrogen-bond acceptors (Lipinski definition) is 4. The fraction of sp³-hybridized carbons (Fsp3) is 0.308. The lowest BCUT2D eigenvalue weighted by Gasteiger charge is -2.41. The van der Waals surface area contributed by atoms with E-state index in [1.54, 1.807) is 4.90 Å². The van der Waals surface area contributed by atoms with Gasteiger partial charge in [-0.2, -0.15) is 5.10 Å². The van der Waals surface area contributed by atoms with Crippen LogP contribution < -0.4 is 10.9 Å². The largest absolute Gasteiger partial charge is 0.356 e. The van der Waals surface area contributed by atoms with Crippen LogP contribution in [0.2, 0.25) is 0 Å². The van der Waals surface area contributed by atoms with Crippen molar-refractivity contribution >= 4 is 11.8 Å². The van der Waals surface area contributed by atoms with E-state index in [0.717, 1.165) is 16.7 Å². The summed E-state index contributed by atoms with van der Waals surface area (Å²) in [5.41, 5.74) is 2.35. The van der Waals surface area contributed by atoms with Crippen molar-refractivity contribution in [3.8, 4) is 11.1 Å². The molecule has 0 saturated carbocycles. The van der Waals surface area contributed by atoms with Crippen LogP contribution in [0, 0.1) is 5.41 Å². The first-order valence-corrected chi connectivity index (χ1v) is 11.3. The van der Waals surface area contributed by atoms with Gasteiger partial charge in [0.2, 0.25) is 5.91 Å². The van der Waals surface area contributed by atoms with E-state index >= 15 is 0 Å². The first-order valence-electron chi connectivity index (χ1n) is 11.3. The van der Waals surface area contributed by atoms with Crippen molar-refractivity contribution in [2.75, 3.05) is 19.6 Å². The van der Waals surface area contributed by atoms with Gasteiger partial charge in [-0.15, -0.1) is 0 Å². The number of hydrogen-bond donors (Lipinski definition) is 2. The standard InChI is InChI=1S/C26H28N4O3/c1-2-27-25(33)26(17-19-8-6-11-21(16-19)20-9-4-3-5-10-20)14-7-15-30(18-26)24(32)22-12-13-23(31)29-28-22/h3-6,8-13,16H,2,7,14-15,17-18H2,1H3,(H,27,33)(H,29,31). The fourth-order valence-corrected chi connectivity index (χ4v) is 4.57. The lowest BCUT2D eigenvalue weighted by Crippen LogP contribution is -2.54. The molecule has 1 aliphatic heterocycles. The van der Waals surface area contributed by atoms with E-state index in [4.69, 9.17) is 0 Å². The molecule has 2 aromatic carbocycles. The van der Waals surface area contributed by atoms with Crippen molar-refractivity contribution in [1.82, 2.24) is 20.4 Å². The molecule has 1 saturated heterocycles. The normalized spacial score (nSPS) is 18.0. The van der Waals surface area contributed by atoms with E-state index in [1.165, 1.54) is 12.1 Å². The third kappa shape index (κ3) is 5.03. The Balaban J connectivity index is 1.62. The summed E-state index contributed by atoms with van der Waals surface area (Å²) in [6.07, 6.45) is 1.93. The van der Waals surface area contributed by atoms with Crippen molar-refractivity contribution < 1.29 is 9.59 Å². The number of benzene rings is 2. The molecule has 0 bridgehead atoms. The van der Waals surface area contributed by atoms with Gasteiger partial charge in [0.15, 0.2) is 0 Å². The maximum Gasteiger partial charge on any atom is 0.274 e. The van der Waals surface area contributed by atoms with Crippen LogP contribution in [0.3, 0.4) is 0 Å². The maximum absolute atomic E-state index is 13.3. The number of H-pyrrole nitrogens is 1. The predicted octanol–water partition coefficient (Wildman–Crippen LogP) is 3.04. The molecule has 1 unspecified atom stereocenters. The van der Waals surface area contributed by atoms with Gasteiger partial charge in [0.05, 0.1) is 5.41 Å². The Morgan fingerprint density at radius 1 is 1.06 bits per heavy atom. The highest BCUT2D eigenvalue weighted by molar-refractivity contribution is 5.93. The SMILES string of the molecule is CCNC(=O)C1(Cc2cccc(-c3ccccc3)c2)CCCN(C(=O)c2ccc(=O)[nH]n2)C1. The van der Waals surface area contributed by atoms with Gasteiger partial charge in [-0.3, -0.25) is 14.4 Å². The number of likely N-dealkylation sites (tertiary alicyclic amines) is 1. The van der Waals surface area contributed by atoms with Gasteiger partial charge < -0.3 is 10.2 Å². The number of carbonyl (C=O) groups is 2. The molecule has 2 heterocycles. The average Bonchev–Trinajstić information content (AvgIpc) is 2.85. The van der Waals surface area contributed by atoms with Gasteiger partial charge in [0.25, 0.3) is 11.5 Å². The van der Waals surface area contributed by atoms with Crippen LogP contribution in [0.5, 0.6) is 0 Å². The summed E-state index contributed by atoms with van der Waals surface area (Å²) in [5.74, 6) is -0.320. The molecule has 0 aliphatic carbocycles. The Labute approximate surface area is 192 Å². The second kappa shape index (κ2) is 9.81. The number of rotatable bonds is 6. The summed E-state index contributed by atoms with van der Waals surface area (Å²) in [7, 11) is 0. The minimum Gasteiger partial charge on any atom is -0.356 e. The Morgan fingerprint density at radius 2 is 1.85 bits per heavy atom. The Kier molecular flexibility index (Phi) is 6.68. The van der Waals surface area contributed by atoms with Crippen LogP contribution in [0.25, 0.3) is 11.1 Å². The minimum atomic E-state index is -0.735. The highest BCUT2D eigenvalue weighted by atomic mass is 16.2. The Hall–Kier alpha value is -3.74. The summed E-state index contributed by atoms with van der Waals surface area (Å²) < 4.78 is 0. The molecule has 1 aliphatic rings. The van der Waals surface area contributed by atoms with Crippen molar-refractivity contribution in [2.45, 2.75) is 26.2 Å². The molecule has 0 radical (unpaired) electrons. The van der Waals surface area contributed by atoms with Gasteiger partial charge in [-0.05, 0) is 48.9 Å². The molecule has 1 aromatic heterocycles. The molecular formula is C26H28N4O3. The molecule has 1 atom stereocenters. The summed E-state index contributed by atoms with van der Waals surface area (Å²) in [4.78, 5) is 39.4. The molecule has 33 heavy (non-hydrogen) atoms. The van der Waals surface area contributed by atoms with Crippen LogP contribution in [0.15, 0.2) is 71.5 Å². The Bertz CT molecular complexity index is 1170. The monoisotopic (exact) mass is 444 g/mol. The smallest absolute Gasteiger partial charge is 0.274 e. The highest BCUT2D eigenvalue weighted by Gasteiger charge is 2.43. The van der Waals surface area contributed by atoms with E-state index in [0.29, 0.717) is 38.9 Å². The average molecular weight is 445 g/mol. The molecule has 4 rings (SSSR count). The molecule has 2 amide bonds. The van der Waals surface area contributed by atoms with Gasteiger partial charge in [0, 0.05) is 25.7 Å². The molecule has 0 spiro atoms. The lowest BCUT2D eigenvalue weighted by atomic mass is 9.74. The molecule has 7 nitrogen and oxygen atoms in total. The molecule has 3 aromatic rings. The predicted molar refractivity (Wildman–Crippen MR) is 127 cm³/mol. The zero-order chi connectivity index (χ0) is 23.3.